The molecule has 2 aromatic carbocycles. The van der Waals surface area contributed by atoms with Crippen molar-refractivity contribution in [3.8, 4) is 11.5 Å². The lowest BCUT2D eigenvalue weighted by atomic mass is 10.1. The minimum atomic E-state index is -0.608. The molecule has 23 heavy (non-hydrogen) atoms. The summed E-state index contributed by atoms with van der Waals surface area (Å²) < 4.78 is 15.9. The molecule has 0 amide bonds. The molecule has 0 atom stereocenters. The highest BCUT2D eigenvalue weighted by molar-refractivity contribution is 6.30. The van der Waals surface area contributed by atoms with Crippen molar-refractivity contribution in [2.24, 2.45) is 0 Å². The van der Waals surface area contributed by atoms with E-state index in [1.54, 1.807) is 18.2 Å². The fourth-order valence-electron chi connectivity index (χ4n) is 2.40. The Morgan fingerprint density at radius 1 is 1.35 bits per heavy atom. The summed E-state index contributed by atoms with van der Waals surface area (Å²) in [4.78, 5) is 12.1. The van der Waals surface area contributed by atoms with Crippen LogP contribution < -0.4 is 4.74 Å². The van der Waals surface area contributed by atoms with E-state index in [1.807, 2.05) is 6.92 Å². The number of hydrogen-bond acceptors (Lipinski definition) is 5. The number of benzene rings is 2. The minimum absolute atomic E-state index is 0.00492. The third-order valence-corrected chi connectivity index (χ3v) is 3.70. The maximum atomic E-state index is 12.1. The van der Waals surface area contributed by atoms with E-state index in [9.17, 15) is 9.90 Å². The molecule has 0 radical (unpaired) electrons. The summed E-state index contributed by atoms with van der Waals surface area (Å²) in [7, 11) is 0. The van der Waals surface area contributed by atoms with E-state index in [0.29, 0.717) is 22.9 Å². The average Bonchev–Trinajstić information content (AvgIpc) is 2.52. The van der Waals surface area contributed by atoms with Gasteiger partial charge in [-0.25, -0.2) is 4.79 Å². The van der Waals surface area contributed by atoms with Crippen molar-refractivity contribution in [2.75, 3.05) is 6.79 Å². The number of carbonyl (C=O) groups excluding carboxylic acids is 1. The maximum Gasteiger partial charge on any atom is 0.342 e. The van der Waals surface area contributed by atoms with Crippen LogP contribution in [0, 0.1) is 6.92 Å². The molecule has 0 bridgehead atoms. The number of hydrogen-bond donors (Lipinski definition) is 1. The van der Waals surface area contributed by atoms with Gasteiger partial charge in [-0.05, 0) is 36.8 Å². The molecule has 0 aliphatic carbocycles. The molecule has 120 valence electrons. The van der Waals surface area contributed by atoms with Crippen LogP contribution in [0.5, 0.6) is 11.5 Å². The van der Waals surface area contributed by atoms with Crippen LogP contribution in [0.15, 0.2) is 30.3 Å². The molecule has 1 aliphatic heterocycles. The van der Waals surface area contributed by atoms with E-state index >= 15 is 0 Å². The molecule has 0 spiro atoms. The average molecular weight is 335 g/mol. The number of aryl methyl sites for hydroxylation is 1. The summed E-state index contributed by atoms with van der Waals surface area (Å²) in [5, 5.41) is 10.3. The van der Waals surface area contributed by atoms with Gasteiger partial charge in [-0.1, -0.05) is 17.7 Å². The van der Waals surface area contributed by atoms with Crippen LogP contribution in [-0.2, 0) is 22.7 Å². The zero-order chi connectivity index (χ0) is 16.4. The maximum absolute atomic E-state index is 12.1. The monoisotopic (exact) mass is 334 g/mol. The highest BCUT2D eigenvalue weighted by Crippen LogP contribution is 2.32. The Hall–Kier alpha value is -2.24. The van der Waals surface area contributed by atoms with Crippen molar-refractivity contribution >= 4 is 17.6 Å². The van der Waals surface area contributed by atoms with Gasteiger partial charge in [0.2, 0.25) is 0 Å². The number of phenols is 1. The Morgan fingerprint density at radius 2 is 2.17 bits per heavy atom. The van der Waals surface area contributed by atoms with Crippen LogP contribution in [0.1, 0.15) is 27.0 Å². The second-order valence-electron chi connectivity index (χ2n) is 5.26. The van der Waals surface area contributed by atoms with Crippen molar-refractivity contribution in [1.29, 1.82) is 0 Å². The Kier molecular flexibility index (Phi) is 4.41. The molecule has 0 unspecified atom stereocenters. The predicted octanol–water partition coefficient (Wildman–Crippen LogP) is 3.58. The van der Waals surface area contributed by atoms with Gasteiger partial charge in [0.05, 0.1) is 6.61 Å². The Bertz CT molecular complexity index is 757. The quantitative estimate of drug-likeness (QED) is 0.869. The highest BCUT2D eigenvalue weighted by Gasteiger charge is 2.19. The molecule has 0 saturated heterocycles. The third kappa shape index (κ3) is 3.41. The van der Waals surface area contributed by atoms with Crippen LogP contribution in [0.2, 0.25) is 5.02 Å². The molecule has 2 aromatic rings. The first kappa shape index (κ1) is 15.6. The highest BCUT2D eigenvalue weighted by atomic mass is 35.5. The standard InChI is InChI=1S/C17H15ClO5/c1-10-2-3-14(15(19)4-10)17(20)22-8-12-6-13(18)5-11-7-21-9-23-16(11)12/h2-6,19H,7-9H2,1H3. The van der Waals surface area contributed by atoms with Crippen molar-refractivity contribution in [1.82, 2.24) is 0 Å². The van der Waals surface area contributed by atoms with Crippen molar-refractivity contribution in [3.63, 3.8) is 0 Å². The van der Waals surface area contributed by atoms with Gasteiger partial charge in [0.1, 0.15) is 23.7 Å². The number of carbonyl (C=O) groups is 1. The summed E-state index contributed by atoms with van der Waals surface area (Å²) in [5.74, 6) is -0.0855. The smallest absolute Gasteiger partial charge is 0.342 e. The van der Waals surface area contributed by atoms with E-state index in [0.717, 1.165) is 11.1 Å². The lowest BCUT2D eigenvalue weighted by Crippen LogP contribution is -2.14. The molecule has 0 saturated carbocycles. The van der Waals surface area contributed by atoms with Crippen molar-refractivity contribution in [3.05, 3.63) is 57.6 Å². The van der Waals surface area contributed by atoms with Gasteiger partial charge in [0.25, 0.3) is 0 Å². The van der Waals surface area contributed by atoms with Gasteiger partial charge < -0.3 is 19.3 Å². The van der Waals surface area contributed by atoms with Crippen LogP contribution in [0.3, 0.4) is 0 Å². The van der Waals surface area contributed by atoms with Gasteiger partial charge in [-0.3, -0.25) is 0 Å². The summed E-state index contributed by atoms with van der Waals surface area (Å²) in [6.07, 6.45) is 0. The Labute approximate surface area is 138 Å². The SMILES string of the molecule is Cc1ccc(C(=O)OCc2cc(Cl)cc3c2OCOC3)c(O)c1. The number of ether oxygens (including phenoxy) is 3. The lowest BCUT2D eigenvalue weighted by molar-refractivity contribution is -0.0180. The molecule has 3 rings (SSSR count). The topological polar surface area (TPSA) is 65.0 Å². The van der Waals surface area contributed by atoms with E-state index in [2.05, 4.69) is 0 Å². The Morgan fingerprint density at radius 3 is 2.96 bits per heavy atom. The van der Waals surface area contributed by atoms with Gasteiger partial charge in [0, 0.05) is 16.1 Å². The van der Waals surface area contributed by atoms with E-state index in [-0.39, 0.29) is 24.7 Å². The molecular formula is C17H15ClO5. The van der Waals surface area contributed by atoms with E-state index < -0.39 is 5.97 Å². The summed E-state index contributed by atoms with van der Waals surface area (Å²) in [5.41, 5.74) is 2.45. The van der Waals surface area contributed by atoms with Crippen LogP contribution in [0.25, 0.3) is 0 Å². The van der Waals surface area contributed by atoms with E-state index in [1.165, 1.54) is 12.1 Å². The van der Waals surface area contributed by atoms with Crippen LogP contribution in [0.4, 0.5) is 0 Å². The largest absolute Gasteiger partial charge is 0.507 e. The molecule has 0 fully saturated rings. The van der Waals surface area contributed by atoms with Crippen LogP contribution in [-0.4, -0.2) is 17.9 Å². The lowest BCUT2D eigenvalue weighted by Gasteiger charge is -2.21. The minimum Gasteiger partial charge on any atom is -0.507 e. The van der Waals surface area contributed by atoms with Crippen molar-refractivity contribution < 1.29 is 24.1 Å². The third-order valence-electron chi connectivity index (χ3n) is 3.48. The molecule has 1 aliphatic rings. The normalized spacial score (nSPS) is 13.1. The molecular weight excluding hydrogens is 320 g/mol. The second kappa shape index (κ2) is 6.48. The summed E-state index contributed by atoms with van der Waals surface area (Å²) in [6.45, 7) is 2.37. The van der Waals surface area contributed by atoms with Gasteiger partial charge in [-0.15, -0.1) is 0 Å². The first-order valence-corrected chi connectivity index (χ1v) is 7.41. The van der Waals surface area contributed by atoms with Gasteiger partial charge >= 0.3 is 5.97 Å². The van der Waals surface area contributed by atoms with Gasteiger partial charge in [-0.2, -0.15) is 0 Å². The summed E-state index contributed by atoms with van der Waals surface area (Å²) >= 11 is 6.07. The summed E-state index contributed by atoms with van der Waals surface area (Å²) in [6, 6.07) is 8.22. The molecule has 1 N–H and O–H groups in total. The first-order valence-electron chi connectivity index (χ1n) is 7.03. The number of esters is 1. The number of rotatable bonds is 3. The number of fused-ring (bicyclic) bond motifs is 1. The zero-order valence-electron chi connectivity index (χ0n) is 12.5. The Balaban J connectivity index is 1.78. The first-order chi connectivity index (χ1) is 11.0. The molecule has 1 heterocycles. The van der Waals surface area contributed by atoms with Crippen molar-refractivity contribution in [2.45, 2.75) is 20.1 Å². The number of phenolic OH excluding ortho intramolecular Hbond substituents is 1. The predicted molar refractivity (Wildman–Crippen MR) is 83.7 cm³/mol. The zero-order valence-corrected chi connectivity index (χ0v) is 13.2. The number of aromatic hydroxyl groups is 1. The molecule has 6 heteroatoms. The fraction of sp³-hybridized carbons (Fsp3) is 0.235. The van der Waals surface area contributed by atoms with Gasteiger partial charge in [0.15, 0.2) is 6.79 Å². The molecule has 0 aromatic heterocycles. The van der Waals surface area contributed by atoms with Crippen LogP contribution >= 0.6 is 11.6 Å². The van der Waals surface area contributed by atoms with E-state index in [4.69, 9.17) is 25.8 Å². The fourth-order valence-corrected chi connectivity index (χ4v) is 2.66. The second-order valence-corrected chi connectivity index (χ2v) is 5.70. The molecule has 5 nitrogen and oxygen atoms in total. The number of halogens is 1.